The molecule has 4 rings (SSSR count). The van der Waals surface area contributed by atoms with Crippen molar-refractivity contribution in [3.05, 3.63) is 60.7 Å². The molecule has 1 N–H and O–H groups in total. The van der Waals surface area contributed by atoms with E-state index in [4.69, 9.17) is 4.74 Å². The molecule has 182 valence electrons. The highest BCUT2D eigenvalue weighted by atomic mass is 16.5. The van der Waals surface area contributed by atoms with Gasteiger partial charge in [-0.3, -0.25) is 9.69 Å². The van der Waals surface area contributed by atoms with Gasteiger partial charge in [-0.25, -0.2) is 4.98 Å². The lowest BCUT2D eigenvalue weighted by Crippen LogP contribution is -2.41. The number of rotatable bonds is 9. The maximum atomic E-state index is 12.0. The minimum absolute atomic E-state index is 0.132. The fourth-order valence-electron chi connectivity index (χ4n) is 5.44. The fraction of sp³-hybridized carbons (Fsp3) is 0.500. The summed E-state index contributed by atoms with van der Waals surface area (Å²) in [6, 6.07) is 13.5. The molecule has 1 fully saturated rings. The lowest BCUT2D eigenvalue weighted by Gasteiger charge is -2.35. The van der Waals surface area contributed by atoms with Gasteiger partial charge in [-0.1, -0.05) is 31.0 Å². The minimum atomic E-state index is -0.782. The van der Waals surface area contributed by atoms with E-state index in [1.807, 2.05) is 37.8 Å². The summed E-state index contributed by atoms with van der Waals surface area (Å²) in [6.45, 7) is 8.58. The van der Waals surface area contributed by atoms with E-state index in [0.717, 1.165) is 29.4 Å². The molecule has 1 aromatic heterocycles. The molecule has 0 bridgehead atoms. The van der Waals surface area contributed by atoms with Crippen molar-refractivity contribution >= 4 is 16.7 Å². The average Bonchev–Trinajstić information content (AvgIpc) is 3.52. The van der Waals surface area contributed by atoms with E-state index in [-0.39, 0.29) is 18.2 Å². The van der Waals surface area contributed by atoms with Gasteiger partial charge in [0.2, 0.25) is 0 Å². The second-order valence-electron chi connectivity index (χ2n) is 10.2. The first-order valence-corrected chi connectivity index (χ1v) is 12.4. The van der Waals surface area contributed by atoms with Gasteiger partial charge in [0.05, 0.1) is 12.4 Å². The number of aromatic nitrogens is 2. The average molecular weight is 464 g/mol. The third kappa shape index (κ3) is 4.56. The molecule has 6 heteroatoms. The van der Waals surface area contributed by atoms with Crippen LogP contribution in [0.25, 0.3) is 10.8 Å². The van der Waals surface area contributed by atoms with Crippen LogP contribution in [0.5, 0.6) is 5.75 Å². The number of ether oxygens (including phenoxy) is 1. The number of carbonyl (C=O) groups is 1. The Balaban J connectivity index is 1.62. The van der Waals surface area contributed by atoms with Crippen molar-refractivity contribution in [2.45, 2.75) is 77.6 Å². The van der Waals surface area contributed by atoms with Gasteiger partial charge in [0, 0.05) is 24.5 Å². The van der Waals surface area contributed by atoms with Gasteiger partial charge < -0.3 is 14.4 Å². The van der Waals surface area contributed by atoms with Crippen molar-refractivity contribution in [2.24, 2.45) is 5.41 Å². The minimum Gasteiger partial charge on any atom is -0.490 e. The molecule has 3 unspecified atom stereocenters. The third-order valence-corrected chi connectivity index (χ3v) is 7.95. The first-order valence-electron chi connectivity index (χ1n) is 12.4. The molecule has 1 aliphatic carbocycles. The third-order valence-electron chi connectivity index (χ3n) is 7.95. The van der Waals surface area contributed by atoms with E-state index in [2.05, 4.69) is 66.5 Å². The number of fused-ring (bicyclic) bond motifs is 1. The van der Waals surface area contributed by atoms with Crippen LogP contribution >= 0.6 is 0 Å². The van der Waals surface area contributed by atoms with Crippen molar-refractivity contribution in [1.82, 2.24) is 14.5 Å². The van der Waals surface area contributed by atoms with E-state index in [1.165, 1.54) is 5.56 Å². The summed E-state index contributed by atoms with van der Waals surface area (Å²) in [5.74, 6) is -0.0201. The molecule has 0 amide bonds. The number of hydrogen-bond acceptors (Lipinski definition) is 4. The number of likely N-dealkylation sites (N-methyl/N-ethyl adjacent to an activating group) is 1. The number of aliphatic carboxylic acids is 1. The Kier molecular flexibility index (Phi) is 6.99. The number of hydrogen-bond donors (Lipinski definition) is 1. The second-order valence-corrected chi connectivity index (χ2v) is 10.2. The smallest absolute Gasteiger partial charge is 0.313 e. The zero-order chi connectivity index (χ0) is 24.5. The maximum absolute atomic E-state index is 12.0. The first kappa shape index (κ1) is 24.3. The molecule has 1 saturated carbocycles. The van der Waals surface area contributed by atoms with Crippen LogP contribution in [0.2, 0.25) is 0 Å². The Labute approximate surface area is 202 Å². The Morgan fingerprint density at radius 3 is 2.38 bits per heavy atom. The molecule has 0 saturated heterocycles. The largest absolute Gasteiger partial charge is 0.490 e. The van der Waals surface area contributed by atoms with Gasteiger partial charge in [0.25, 0.3) is 0 Å². The number of nitrogens with zero attached hydrogens (tertiary/aromatic N) is 3. The topological polar surface area (TPSA) is 67.6 Å². The second kappa shape index (κ2) is 9.79. The van der Waals surface area contributed by atoms with Gasteiger partial charge in [-0.05, 0) is 82.1 Å². The van der Waals surface area contributed by atoms with Crippen LogP contribution < -0.4 is 4.74 Å². The molecule has 0 spiro atoms. The molecular weight excluding hydrogens is 426 g/mol. The van der Waals surface area contributed by atoms with E-state index in [9.17, 15) is 9.90 Å². The van der Waals surface area contributed by atoms with Crippen molar-refractivity contribution in [2.75, 3.05) is 7.05 Å². The van der Waals surface area contributed by atoms with Crippen molar-refractivity contribution in [1.29, 1.82) is 0 Å². The Morgan fingerprint density at radius 2 is 1.76 bits per heavy atom. The van der Waals surface area contributed by atoms with Crippen LogP contribution in [-0.2, 0) is 4.79 Å². The van der Waals surface area contributed by atoms with Crippen molar-refractivity contribution in [3.8, 4) is 5.75 Å². The zero-order valence-electron chi connectivity index (χ0n) is 20.9. The number of carboxylic acids is 1. The normalized spacial score (nSPS) is 18.3. The molecule has 0 aliphatic heterocycles. The molecule has 34 heavy (non-hydrogen) atoms. The predicted octanol–water partition coefficient (Wildman–Crippen LogP) is 5.77. The lowest BCUT2D eigenvalue weighted by atomic mass is 9.81. The molecule has 6 nitrogen and oxygen atoms in total. The lowest BCUT2D eigenvalue weighted by molar-refractivity contribution is -0.154. The monoisotopic (exact) mass is 463 g/mol. The Morgan fingerprint density at radius 1 is 1.09 bits per heavy atom. The summed E-state index contributed by atoms with van der Waals surface area (Å²) < 4.78 is 8.38. The fourth-order valence-corrected chi connectivity index (χ4v) is 5.44. The van der Waals surface area contributed by atoms with Crippen molar-refractivity contribution < 1.29 is 14.6 Å². The van der Waals surface area contributed by atoms with Crippen LogP contribution in [-0.4, -0.2) is 50.8 Å². The van der Waals surface area contributed by atoms with Gasteiger partial charge in [0.15, 0.2) is 0 Å². The maximum Gasteiger partial charge on any atom is 0.313 e. The number of benzene rings is 2. The van der Waals surface area contributed by atoms with Crippen LogP contribution in [0.4, 0.5) is 0 Å². The van der Waals surface area contributed by atoms with Gasteiger partial charge in [-0.15, -0.1) is 0 Å². The Bertz CT molecular complexity index is 1120. The quantitative estimate of drug-likeness (QED) is 0.437. The summed E-state index contributed by atoms with van der Waals surface area (Å²) >= 11 is 0. The van der Waals surface area contributed by atoms with E-state index in [1.54, 1.807) is 0 Å². The SMILES string of the molecule is CC(C)N(C)C(C)C(c1ccc2cc(OC(C)C3(C(=O)O)CCCC3)ccc2c1)n1ccnc1. The van der Waals surface area contributed by atoms with Crippen LogP contribution in [0.1, 0.15) is 65.0 Å². The Hall–Kier alpha value is -2.86. The highest BCUT2D eigenvalue weighted by Crippen LogP contribution is 2.43. The number of carboxylic acid groups (broad SMARTS) is 1. The van der Waals surface area contributed by atoms with E-state index >= 15 is 0 Å². The van der Waals surface area contributed by atoms with Crippen molar-refractivity contribution in [3.63, 3.8) is 0 Å². The van der Waals surface area contributed by atoms with Crippen LogP contribution in [0.3, 0.4) is 0 Å². The molecule has 2 aromatic carbocycles. The van der Waals surface area contributed by atoms with E-state index in [0.29, 0.717) is 18.9 Å². The summed E-state index contributed by atoms with van der Waals surface area (Å²) in [7, 11) is 2.17. The van der Waals surface area contributed by atoms with Gasteiger partial charge in [-0.2, -0.15) is 0 Å². The highest BCUT2D eigenvalue weighted by molar-refractivity contribution is 5.84. The summed E-state index contributed by atoms with van der Waals surface area (Å²) in [5.41, 5.74) is 0.443. The zero-order valence-corrected chi connectivity index (χ0v) is 20.9. The first-order chi connectivity index (χ1) is 16.2. The summed E-state index contributed by atoms with van der Waals surface area (Å²) in [5, 5.41) is 12.1. The highest BCUT2D eigenvalue weighted by Gasteiger charge is 2.47. The van der Waals surface area contributed by atoms with E-state index < -0.39 is 11.4 Å². The van der Waals surface area contributed by atoms with Crippen LogP contribution in [0.15, 0.2) is 55.1 Å². The summed E-state index contributed by atoms with van der Waals surface area (Å²) in [4.78, 5) is 18.7. The molecular formula is C28H37N3O3. The summed E-state index contributed by atoms with van der Waals surface area (Å²) in [6.07, 6.45) is 8.62. The predicted molar refractivity (Wildman–Crippen MR) is 135 cm³/mol. The number of imidazole rings is 1. The molecule has 3 aromatic rings. The van der Waals surface area contributed by atoms with Crippen LogP contribution in [0, 0.1) is 5.41 Å². The molecule has 3 atom stereocenters. The molecule has 0 radical (unpaired) electrons. The molecule has 1 heterocycles. The standard InChI is InChI=1S/C28H37N3O3/c1-19(2)30(5)20(3)26(31-15-14-29-18-31)24-9-8-23-17-25(11-10-22(23)16-24)34-21(4)28(27(32)33)12-6-7-13-28/h8-11,14-21,26H,6-7,12-13H2,1-5H3,(H,32,33). The van der Waals surface area contributed by atoms with Gasteiger partial charge in [0.1, 0.15) is 17.3 Å². The van der Waals surface area contributed by atoms with Gasteiger partial charge >= 0.3 is 5.97 Å². The molecule has 1 aliphatic rings.